The van der Waals surface area contributed by atoms with E-state index in [0.717, 1.165) is 5.56 Å². The fourth-order valence-electron chi connectivity index (χ4n) is 2.71. The van der Waals surface area contributed by atoms with Gasteiger partial charge in [0.25, 0.3) is 11.8 Å². The molecule has 1 N–H and O–H groups in total. The molecule has 136 valence electrons. The van der Waals surface area contributed by atoms with E-state index in [1.807, 2.05) is 26.8 Å². The van der Waals surface area contributed by atoms with Crippen molar-refractivity contribution in [2.45, 2.75) is 33.0 Å². The molecule has 2 amide bonds. The van der Waals surface area contributed by atoms with Crippen molar-refractivity contribution in [1.29, 1.82) is 0 Å². The Morgan fingerprint density at radius 3 is 2.56 bits per heavy atom. The van der Waals surface area contributed by atoms with E-state index in [4.69, 9.17) is 9.47 Å². The van der Waals surface area contributed by atoms with Gasteiger partial charge in [-0.1, -0.05) is 17.7 Å². The Bertz CT molecular complexity index is 636. The van der Waals surface area contributed by atoms with Gasteiger partial charge in [0.1, 0.15) is 6.54 Å². The number of ether oxygens (including phenoxy) is 2. The summed E-state index contributed by atoms with van der Waals surface area (Å²) < 4.78 is 10.5. The number of carbonyl (C=O) groups excluding carboxylic acids is 3. The van der Waals surface area contributed by atoms with Crippen molar-refractivity contribution in [3.63, 3.8) is 0 Å². The van der Waals surface area contributed by atoms with Gasteiger partial charge < -0.3 is 19.7 Å². The summed E-state index contributed by atoms with van der Waals surface area (Å²) in [4.78, 5) is 37.4. The fraction of sp³-hybridized carbons (Fsp3) is 0.500. The van der Waals surface area contributed by atoms with Crippen molar-refractivity contribution in [1.82, 2.24) is 10.2 Å². The van der Waals surface area contributed by atoms with Crippen molar-refractivity contribution >= 4 is 17.8 Å². The van der Waals surface area contributed by atoms with Gasteiger partial charge in [0, 0.05) is 18.7 Å². The zero-order valence-corrected chi connectivity index (χ0v) is 14.8. The number of morpholine rings is 1. The van der Waals surface area contributed by atoms with Gasteiger partial charge in [0.2, 0.25) is 0 Å². The average Bonchev–Trinajstić information content (AvgIpc) is 2.56. The summed E-state index contributed by atoms with van der Waals surface area (Å²) in [6.07, 6.45) is -0.0889. The highest BCUT2D eigenvalue weighted by atomic mass is 16.5. The second kappa shape index (κ2) is 8.62. The Morgan fingerprint density at radius 2 is 1.92 bits per heavy atom. The zero-order chi connectivity index (χ0) is 18.4. The normalized spacial score (nSPS) is 20.0. The molecule has 0 saturated carbocycles. The number of nitrogens with one attached hydrogen (secondary N) is 1. The maximum atomic E-state index is 12.1. The number of benzene rings is 1. The Labute approximate surface area is 147 Å². The van der Waals surface area contributed by atoms with Gasteiger partial charge in [-0.15, -0.1) is 0 Å². The molecule has 0 spiro atoms. The molecule has 0 radical (unpaired) electrons. The van der Waals surface area contributed by atoms with E-state index in [2.05, 4.69) is 5.32 Å². The Hall–Kier alpha value is -2.41. The van der Waals surface area contributed by atoms with Crippen LogP contribution in [-0.2, 0) is 19.1 Å². The van der Waals surface area contributed by atoms with Crippen LogP contribution >= 0.6 is 0 Å². The standard InChI is InChI=1S/C18H24N2O5/c1-12-5-4-6-15(7-12)18(23)19-8-17(22)24-11-16(21)20-9-13(2)25-14(3)10-20/h4-7,13-14H,8-11H2,1-3H3,(H,19,23)/t13-,14+. The molecule has 0 bridgehead atoms. The molecule has 1 aliphatic rings. The molecule has 1 fully saturated rings. The van der Waals surface area contributed by atoms with Crippen LogP contribution in [0.2, 0.25) is 0 Å². The van der Waals surface area contributed by atoms with Crippen LogP contribution in [-0.4, -0.2) is 61.1 Å². The lowest BCUT2D eigenvalue weighted by Gasteiger charge is -2.35. The smallest absolute Gasteiger partial charge is 0.325 e. The molecular formula is C18H24N2O5. The zero-order valence-electron chi connectivity index (χ0n) is 14.8. The van der Waals surface area contributed by atoms with Crippen molar-refractivity contribution < 1.29 is 23.9 Å². The quantitative estimate of drug-likeness (QED) is 0.800. The van der Waals surface area contributed by atoms with E-state index in [1.54, 1.807) is 23.1 Å². The predicted molar refractivity (Wildman–Crippen MR) is 91.1 cm³/mol. The average molecular weight is 348 g/mol. The minimum Gasteiger partial charge on any atom is -0.454 e. The number of rotatable bonds is 5. The summed E-state index contributed by atoms with van der Waals surface area (Å²) in [5, 5.41) is 2.48. The van der Waals surface area contributed by atoms with E-state index in [1.165, 1.54) is 0 Å². The summed E-state index contributed by atoms with van der Waals surface area (Å²) in [7, 11) is 0. The van der Waals surface area contributed by atoms with Crippen LogP contribution in [0.5, 0.6) is 0 Å². The minimum absolute atomic E-state index is 0.0444. The minimum atomic E-state index is -0.649. The molecule has 1 aliphatic heterocycles. The molecule has 7 heteroatoms. The monoisotopic (exact) mass is 348 g/mol. The molecule has 2 atom stereocenters. The Balaban J connectivity index is 1.73. The third-order valence-electron chi connectivity index (χ3n) is 3.80. The third kappa shape index (κ3) is 5.86. The lowest BCUT2D eigenvalue weighted by atomic mass is 10.1. The first-order valence-corrected chi connectivity index (χ1v) is 8.29. The van der Waals surface area contributed by atoms with Gasteiger partial charge in [-0.05, 0) is 32.9 Å². The molecule has 7 nitrogen and oxygen atoms in total. The number of carbonyl (C=O) groups is 3. The van der Waals surface area contributed by atoms with Crippen LogP contribution in [0.25, 0.3) is 0 Å². The number of aryl methyl sites for hydroxylation is 1. The van der Waals surface area contributed by atoms with Crippen molar-refractivity contribution in [2.24, 2.45) is 0 Å². The van der Waals surface area contributed by atoms with Crippen LogP contribution in [0.3, 0.4) is 0 Å². The van der Waals surface area contributed by atoms with E-state index >= 15 is 0 Å². The predicted octanol–water partition coefficient (Wildman–Crippen LogP) is 0.904. The van der Waals surface area contributed by atoms with Crippen LogP contribution in [0.1, 0.15) is 29.8 Å². The van der Waals surface area contributed by atoms with E-state index in [9.17, 15) is 14.4 Å². The second-order valence-corrected chi connectivity index (χ2v) is 6.27. The number of hydrogen-bond donors (Lipinski definition) is 1. The van der Waals surface area contributed by atoms with Gasteiger partial charge in [-0.2, -0.15) is 0 Å². The van der Waals surface area contributed by atoms with E-state index in [-0.39, 0.29) is 37.2 Å². The van der Waals surface area contributed by atoms with Gasteiger partial charge in [0.05, 0.1) is 12.2 Å². The largest absolute Gasteiger partial charge is 0.454 e. The SMILES string of the molecule is Cc1cccc(C(=O)NCC(=O)OCC(=O)N2C[C@@H](C)O[C@@H](C)C2)c1. The van der Waals surface area contributed by atoms with Gasteiger partial charge >= 0.3 is 5.97 Å². The third-order valence-corrected chi connectivity index (χ3v) is 3.80. The number of amides is 2. The highest BCUT2D eigenvalue weighted by Gasteiger charge is 2.26. The van der Waals surface area contributed by atoms with Crippen molar-refractivity contribution in [3.8, 4) is 0 Å². The van der Waals surface area contributed by atoms with Gasteiger partial charge in [-0.25, -0.2) is 0 Å². The van der Waals surface area contributed by atoms with Crippen molar-refractivity contribution in [2.75, 3.05) is 26.2 Å². The van der Waals surface area contributed by atoms with Crippen LogP contribution in [0, 0.1) is 6.92 Å². The molecule has 2 rings (SSSR count). The topological polar surface area (TPSA) is 84.9 Å². The van der Waals surface area contributed by atoms with Crippen molar-refractivity contribution in [3.05, 3.63) is 35.4 Å². The lowest BCUT2D eigenvalue weighted by Crippen LogP contribution is -2.49. The summed E-state index contributed by atoms with van der Waals surface area (Å²) in [6.45, 7) is 6.00. The summed E-state index contributed by atoms with van der Waals surface area (Å²) in [5.74, 6) is -1.27. The summed E-state index contributed by atoms with van der Waals surface area (Å²) >= 11 is 0. The van der Waals surface area contributed by atoms with E-state index in [0.29, 0.717) is 18.7 Å². The first kappa shape index (κ1) is 18.9. The van der Waals surface area contributed by atoms with Gasteiger partial charge in [0.15, 0.2) is 6.61 Å². The van der Waals surface area contributed by atoms with Crippen LogP contribution < -0.4 is 5.32 Å². The first-order chi connectivity index (χ1) is 11.8. The van der Waals surface area contributed by atoms with Crippen LogP contribution in [0.15, 0.2) is 24.3 Å². The molecule has 0 aliphatic carbocycles. The highest BCUT2D eigenvalue weighted by molar-refractivity contribution is 5.96. The maximum absolute atomic E-state index is 12.1. The second-order valence-electron chi connectivity index (χ2n) is 6.27. The lowest BCUT2D eigenvalue weighted by molar-refractivity contribution is -0.156. The number of nitrogens with zero attached hydrogens (tertiary/aromatic N) is 1. The maximum Gasteiger partial charge on any atom is 0.325 e. The first-order valence-electron chi connectivity index (χ1n) is 8.29. The molecule has 0 unspecified atom stereocenters. The molecule has 0 aromatic heterocycles. The number of esters is 1. The molecule has 1 heterocycles. The molecule has 1 aromatic carbocycles. The summed E-state index contributed by atoms with van der Waals surface area (Å²) in [5.41, 5.74) is 1.43. The van der Waals surface area contributed by atoms with E-state index < -0.39 is 5.97 Å². The number of hydrogen-bond acceptors (Lipinski definition) is 5. The van der Waals surface area contributed by atoms with Crippen LogP contribution in [0.4, 0.5) is 0 Å². The fourth-order valence-corrected chi connectivity index (χ4v) is 2.71. The van der Waals surface area contributed by atoms with Gasteiger partial charge in [-0.3, -0.25) is 14.4 Å². The Kier molecular flexibility index (Phi) is 6.52. The molecular weight excluding hydrogens is 324 g/mol. The molecule has 1 aromatic rings. The summed E-state index contributed by atoms with van der Waals surface area (Å²) in [6, 6.07) is 7.04. The molecule has 1 saturated heterocycles. The highest BCUT2D eigenvalue weighted by Crippen LogP contribution is 2.10. The Morgan fingerprint density at radius 1 is 1.24 bits per heavy atom. The molecule has 25 heavy (non-hydrogen) atoms.